The van der Waals surface area contributed by atoms with E-state index in [0.29, 0.717) is 28.6 Å². The number of nitrogens with one attached hydrogen (secondary N) is 2. The first kappa shape index (κ1) is 24.0. The standard InChI is InChI=1S/C23H25N5O4S2/c1-14-6-7-18(17(10-14)20(29)15-4-2-3-5-15)26-22(32)27-23-24-11-16(34-23)8-9-33-28-12-19(21(30)31)25-13-28/h6-7,10-13,15H,2-5,8-9H2,1H3,(H,30,31)(H2,24,26,27,32). The van der Waals surface area contributed by atoms with E-state index in [-0.39, 0.29) is 17.4 Å². The van der Waals surface area contributed by atoms with Gasteiger partial charge in [0, 0.05) is 28.3 Å². The Morgan fingerprint density at radius 2 is 2.00 bits per heavy atom. The number of carbonyl (C=O) groups excluding carboxylic acids is 2. The summed E-state index contributed by atoms with van der Waals surface area (Å²) in [6, 6.07) is 5.04. The van der Waals surface area contributed by atoms with E-state index in [1.54, 1.807) is 16.2 Å². The number of anilines is 2. The van der Waals surface area contributed by atoms with Gasteiger partial charge in [-0.3, -0.25) is 14.1 Å². The van der Waals surface area contributed by atoms with E-state index >= 15 is 0 Å². The first-order valence-electron chi connectivity index (χ1n) is 11.0. The molecule has 2 amide bonds. The molecule has 9 nitrogen and oxygen atoms in total. The molecule has 1 aromatic carbocycles. The van der Waals surface area contributed by atoms with Crippen LogP contribution in [0.3, 0.4) is 0 Å². The highest BCUT2D eigenvalue weighted by molar-refractivity contribution is 7.97. The highest BCUT2D eigenvalue weighted by Gasteiger charge is 2.26. The Bertz CT molecular complexity index is 1200. The molecule has 0 radical (unpaired) electrons. The Hall–Kier alpha value is -3.18. The summed E-state index contributed by atoms with van der Waals surface area (Å²) in [5, 5.41) is 14.9. The molecule has 3 N–H and O–H groups in total. The van der Waals surface area contributed by atoms with Crippen molar-refractivity contribution in [3.63, 3.8) is 0 Å². The average molecular weight is 500 g/mol. The summed E-state index contributed by atoms with van der Waals surface area (Å²) >= 11 is 2.80. The van der Waals surface area contributed by atoms with E-state index in [4.69, 9.17) is 5.11 Å². The molecule has 178 valence electrons. The summed E-state index contributed by atoms with van der Waals surface area (Å²) in [5.41, 5.74) is 2.05. The molecular weight excluding hydrogens is 474 g/mol. The van der Waals surface area contributed by atoms with Gasteiger partial charge in [0.2, 0.25) is 0 Å². The van der Waals surface area contributed by atoms with Crippen LogP contribution >= 0.6 is 23.3 Å². The van der Waals surface area contributed by atoms with Gasteiger partial charge in [0.05, 0.1) is 11.9 Å². The van der Waals surface area contributed by atoms with E-state index in [9.17, 15) is 14.4 Å². The summed E-state index contributed by atoms with van der Waals surface area (Å²) < 4.78 is 1.66. The lowest BCUT2D eigenvalue weighted by atomic mass is 9.94. The average Bonchev–Trinajstić information content (AvgIpc) is 3.57. The molecule has 0 bridgehead atoms. The number of rotatable bonds is 9. The maximum atomic E-state index is 13.0. The zero-order valence-electron chi connectivity index (χ0n) is 18.6. The van der Waals surface area contributed by atoms with E-state index in [1.807, 2.05) is 19.1 Å². The van der Waals surface area contributed by atoms with Gasteiger partial charge < -0.3 is 10.4 Å². The molecule has 2 heterocycles. The smallest absolute Gasteiger partial charge is 0.356 e. The molecule has 34 heavy (non-hydrogen) atoms. The van der Waals surface area contributed by atoms with Crippen LogP contribution in [0.15, 0.2) is 36.9 Å². The van der Waals surface area contributed by atoms with Gasteiger partial charge in [-0.25, -0.2) is 19.6 Å². The Balaban J connectivity index is 1.31. The van der Waals surface area contributed by atoms with Gasteiger partial charge in [-0.05, 0) is 50.3 Å². The number of thiazole rings is 1. The van der Waals surface area contributed by atoms with Gasteiger partial charge in [-0.1, -0.05) is 24.5 Å². The molecule has 2 aromatic heterocycles. The number of carboxylic acid groups (broad SMARTS) is 1. The molecule has 0 atom stereocenters. The number of ketones is 1. The second-order valence-electron chi connectivity index (χ2n) is 8.11. The molecule has 1 aliphatic carbocycles. The third kappa shape index (κ3) is 6.03. The summed E-state index contributed by atoms with van der Waals surface area (Å²) in [6.45, 7) is 1.93. The fraction of sp³-hybridized carbons (Fsp3) is 0.348. The molecule has 1 aliphatic rings. The van der Waals surface area contributed by atoms with Crippen molar-refractivity contribution < 1.29 is 19.5 Å². The number of hydrogen-bond donors (Lipinski definition) is 3. The van der Waals surface area contributed by atoms with E-state index in [0.717, 1.165) is 36.1 Å². The third-order valence-corrected chi connectivity index (χ3v) is 7.41. The Kier molecular flexibility index (Phi) is 7.63. The van der Waals surface area contributed by atoms with Crippen LogP contribution in [0.25, 0.3) is 0 Å². The number of carboxylic acids is 1. The summed E-state index contributed by atoms with van der Waals surface area (Å²) in [6.07, 6.45) is 9.29. The number of nitrogens with zero attached hydrogens (tertiary/aromatic N) is 3. The maximum absolute atomic E-state index is 13.0. The Morgan fingerprint density at radius 1 is 1.21 bits per heavy atom. The fourth-order valence-corrected chi connectivity index (χ4v) is 5.60. The van der Waals surface area contributed by atoms with E-state index < -0.39 is 12.0 Å². The van der Waals surface area contributed by atoms with Crippen molar-refractivity contribution in [2.45, 2.75) is 39.0 Å². The van der Waals surface area contributed by atoms with Crippen molar-refractivity contribution in [3.8, 4) is 0 Å². The van der Waals surface area contributed by atoms with Gasteiger partial charge in [-0.2, -0.15) is 0 Å². The first-order valence-corrected chi connectivity index (χ1v) is 12.7. The first-order chi connectivity index (χ1) is 16.4. The van der Waals surface area contributed by atoms with Crippen LogP contribution in [0.4, 0.5) is 15.6 Å². The fourth-order valence-electron chi connectivity index (χ4n) is 3.85. The summed E-state index contributed by atoms with van der Waals surface area (Å²) in [5.74, 6) is -0.239. The van der Waals surface area contributed by atoms with Gasteiger partial charge in [0.15, 0.2) is 16.6 Å². The number of urea groups is 1. The van der Waals surface area contributed by atoms with Crippen LogP contribution in [0.1, 0.15) is 57.0 Å². The topological polar surface area (TPSA) is 126 Å². The number of aryl methyl sites for hydroxylation is 2. The number of hydrogen-bond acceptors (Lipinski definition) is 7. The van der Waals surface area contributed by atoms with Gasteiger partial charge in [0.25, 0.3) is 0 Å². The number of Topliss-reactive ketones (excluding diaryl/α,β-unsaturated/α-hetero) is 1. The van der Waals surface area contributed by atoms with Crippen molar-refractivity contribution in [1.82, 2.24) is 13.9 Å². The molecule has 0 saturated heterocycles. The quantitative estimate of drug-likeness (QED) is 0.350. The summed E-state index contributed by atoms with van der Waals surface area (Å²) in [4.78, 5) is 45.5. The second-order valence-corrected chi connectivity index (χ2v) is 10.3. The van der Waals surface area contributed by atoms with Gasteiger partial charge >= 0.3 is 12.0 Å². The highest BCUT2D eigenvalue weighted by atomic mass is 32.2. The molecule has 1 saturated carbocycles. The normalized spacial score (nSPS) is 13.7. The molecule has 4 rings (SSSR count). The maximum Gasteiger partial charge on any atom is 0.356 e. The van der Waals surface area contributed by atoms with Crippen LogP contribution in [0.5, 0.6) is 0 Å². The van der Waals surface area contributed by atoms with E-state index in [1.165, 1.54) is 35.8 Å². The van der Waals surface area contributed by atoms with Crippen molar-refractivity contribution in [3.05, 3.63) is 58.6 Å². The number of amides is 2. The highest BCUT2D eigenvalue weighted by Crippen LogP contribution is 2.31. The van der Waals surface area contributed by atoms with Gasteiger partial charge in [0.1, 0.15) is 6.33 Å². The van der Waals surface area contributed by atoms with Crippen LogP contribution in [-0.4, -0.2) is 42.6 Å². The number of benzene rings is 1. The second kappa shape index (κ2) is 10.8. The van der Waals surface area contributed by atoms with Crippen molar-refractivity contribution in [2.24, 2.45) is 5.92 Å². The minimum atomic E-state index is -1.06. The molecule has 0 spiro atoms. The molecule has 0 aliphatic heterocycles. The molecule has 11 heteroatoms. The lowest BCUT2D eigenvalue weighted by molar-refractivity contribution is 0.0690. The minimum Gasteiger partial charge on any atom is -0.476 e. The van der Waals surface area contributed by atoms with E-state index in [2.05, 4.69) is 20.6 Å². The third-order valence-electron chi connectivity index (χ3n) is 5.56. The number of aromatic carboxylic acids is 1. The number of imidazole rings is 1. The molecular formula is C23H25N5O4S2. The zero-order chi connectivity index (χ0) is 24.1. The molecule has 3 aromatic rings. The largest absolute Gasteiger partial charge is 0.476 e. The zero-order valence-corrected chi connectivity index (χ0v) is 20.2. The SMILES string of the molecule is Cc1ccc(NC(=O)Nc2ncc(CCSn3cnc(C(=O)O)c3)s2)c(C(=O)C2CCCC2)c1. The molecule has 1 fully saturated rings. The predicted octanol–water partition coefficient (Wildman–Crippen LogP) is 5.10. The number of carbonyl (C=O) groups is 3. The predicted molar refractivity (Wildman–Crippen MR) is 133 cm³/mol. The van der Waals surface area contributed by atoms with Gasteiger partial charge in [-0.15, -0.1) is 11.3 Å². The van der Waals surface area contributed by atoms with Crippen LogP contribution in [0.2, 0.25) is 0 Å². The van der Waals surface area contributed by atoms with Crippen molar-refractivity contribution >= 4 is 51.9 Å². The van der Waals surface area contributed by atoms with Crippen LogP contribution in [0, 0.1) is 12.8 Å². The molecule has 0 unspecified atom stereocenters. The Labute approximate surface area is 205 Å². The number of aromatic nitrogens is 3. The lowest BCUT2D eigenvalue weighted by Gasteiger charge is -2.14. The van der Waals surface area contributed by atoms with Crippen molar-refractivity contribution in [2.75, 3.05) is 16.4 Å². The van der Waals surface area contributed by atoms with Crippen LogP contribution < -0.4 is 10.6 Å². The monoisotopic (exact) mass is 499 g/mol. The lowest BCUT2D eigenvalue weighted by Crippen LogP contribution is -2.22. The minimum absolute atomic E-state index is 0.00413. The van der Waals surface area contributed by atoms with Crippen LogP contribution in [-0.2, 0) is 6.42 Å². The Morgan fingerprint density at radius 3 is 2.74 bits per heavy atom. The van der Waals surface area contributed by atoms with Crippen molar-refractivity contribution in [1.29, 1.82) is 0 Å². The summed E-state index contributed by atoms with van der Waals surface area (Å²) in [7, 11) is 0.